The van der Waals surface area contributed by atoms with E-state index in [1.165, 1.54) is 4.31 Å². The van der Waals surface area contributed by atoms with Gasteiger partial charge in [-0.1, -0.05) is 6.42 Å². The van der Waals surface area contributed by atoms with Gasteiger partial charge < -0.3 is 10.0 Å². The number of sulfonamides is 1. The Labute approximate surface area is 125 Å². The molecule has 2 atom stereocenters. The van der Waals surface area contributed by atoms with Gasteiger partial charge in [0.05, 0.1) is 6.26 Å². The third-order valence-corrected chi connectivity index (χ3v) is 5.51. The van der Waals surface area contributed by atoms with Crippen molar-refractivity contribution in [3.8, 4) is 0 Å². The van der Waals surface area contributed by atoms with Crippen LogP contribution in [0.4, 0.5) is 0 Å². The van der Waals surface area contributed by atoms with Gasteiger partial charge in [-0.3, -0.25) is 9.59 Å². The van der Waals surface area contributed by atoms with Crippen LogP contribution in [0.25, 0.3) is 0 Å². The van der Waals surface area contributed by atoms with Crippen molar-refractivity contribution in [3.63, 3.8) is 0 Å². The number of carboxylic acids is 1. The van der Waals surface area contributed by atoms with Gasteiger partial charge in [0, 0.05) is 26.1 Å². The highest BCUT2D eigenvalue weighted by Crippen LogP contribution is 2.25. The van der Waals surface area contributed by atoms with Crippen molar-refractivity contribution in [2.45, 2.75) is 38.1 Å². The van der Waals surface area contributed by atoms with E-state index >= 15 is 0 Å². The molecule has 2 rings (SSSR count). The number of nitrogens with zero attached hydrogens (tertiary/aromatic N) is 2. The smallest absolute Gasteiger partial charge is 0.303 e. The van der Waals surface area contributed by atoms with Gasteiger partial charge in [0.2, 0.25) is 15.9 Å². The zero-order chi connectivity index (χ0) is 15.6. The van der Waals surface area contributed by atoms with E-state index < -0.39 is 22.0 Å². The van der Waals surface area contributed by atoms with E-state index in [0.717, 1.165) is 19.1 Å². The van der Waals surface area contributed by atoms with E-state index in [1.54, 1.807) is 4.90 Å². The van der Waals surface area contributed by atoms with E-state index in [1.807, 2.05) is 0 Å². The van der Waals surface area contributed by atoms with Crippen LogP contribution < -0.4 is 0 Å². The SMILES string of the molecule is CS(=O)(=O)N1CCCCC1C(=O)N1CCC(CC(=O)O)C1. The molecule has 21 heavy (non-hydrogen) atoms. The highest BCUT2D eigenvalue weighted by molar-refractivity contribution is 7.88. The Morgan fingerprint density at radius 1 is 1.19 bits per heavy atom. The lowest BCUT2D eigenvalue weighted by Crippen LogP contribution is -2.52. The second-order valence-electron chi connectivity index (χ2n) is 5.92. The van der Waals surface area contributed by atoms with Crippen molar-refractivity contribution in [2.75, 3.05) is 25.9 Å². The van der Waals surface area contributed by atoms with Gasteiger partial charge in [-0.2, -0.15) is 4.31 Å². The molecule has 1 N–H and O–H groups in total. The Bertz CT molecular complexity index is 519. The molecule has 0 aliphatic carbocycles. The van der Waals surface area contributed by atoms with Crippen LogP contribution >= 0.6 is 0 Å². The number of hydrogen-bond donors (Lipinski definition) is 1. The maximum Gasteiger partial charge on any atom is 0.303 e. The molecule has 0 aromatic heterocycles. The molecular weight excluding hydrogens is 296 g/mol. The molecule has 0 aromatic carbocycles. The van der Waals surface area contributed by atoms with Crippen LogP contribution in [0.15, 0.2) is 0 Å². The van der Waals surface area contributed by atoms with E-state index in [-0.39, 0.29) is 18.2 Å². The molecule has 2 fully saturated rings. The van der Waals surface area contributed by atoms with E-state index in [9.17, 15) is 18.0 Å². The molecule has 8 heteroatoms. The van der Waals surface area contributed by atoms with Crippen molar-refractivity contribution in [1.29, 1.82) is 0 Å². The number of hydrogen-bond acceptors (Lipinski definition) is 4. The summed E-state index contributed by atoms with van der Waals surface area (Å²) >= 11 is 0. The fraction of sp³-hybridized carbons (Fsp3) is 0.846. The van der Waals surface area contributed by atoms with E-state index in [4.69, 9.17) is 5.11 Å². The summed E-state index contributed by atoms with van der Waals surface area (Å²) in [6.45, 7) is 1.33. The molecule has 7 nitrogen and oxygen atoms in total. The summed E-state index contributed by atoms with van der Waals surface area (Å²) in [6, 6.07) is -0.614. The van der Waals surface area contributed by atoms with Crippen LogP contribution in [-0.2, 0) is 19.6 Å². The number of piperidine rings is 1. The summed E-state index contributed by atoms with van der Waals surface area (Å²) in [5.74, 6) is -1.06. The fourth-order valence-corrected chi connectivity index (χ4v) is 4.32. The average molecular weight is 318 g/mol. The number of rotatable bonds is 4. The van der Waals surface area contributed by atoms with Crippen molar-refractivity contribution in [2.24, 2.45) is 5.92 Å². The van der Waals surface area contributed by atoms with Crippen molar-refractivity contribution in [1.82, 2.24) is 9.21 Å². The summed E-state index contributed by atoms with van der Waals surface area (Å²) in [5, 5.41) is 8.81. The molecule has 0 radical (unpaired) electrons. The van der Waals surface area contributed by atoms with Gasteiger partial charge in [-0.05, 0) is 25.2 Å². The van der Waals surface area contributed by atoms with E-state index in [0.29, 0.717) is 32.5 Å². The Hall–Kier alpha value is -1.15. The minimum atomic E-state index is -3.39. The third kappa shape index (κ3) is 3.94. The maximum atomic E-state index is 12.6. The molecule has 0 bridgehead atoms. The van der Waals surface area contributed by atoms with Crippen LogP contribution in [0.5, 0.6) is 0 Å². The zero-order valence-electron chi connectivity index (χ0n) is 12.2. The first-order valence-electron chi connectivity index (χ1n) is 7.26. The van der Waals surface area contributed by atoms with Crippen LogP contribution in [0.3, 0.4) is 0 Å². The molecule has 1 amide bonds. The van der Waals surface area contributed by atoms with Gasteiger partial charge in [0.25, 0.3) is 0 Å². The van der Waals surface area contributed by atoms with Gasteiger partial charge in [0.15, 0.2) is 0 Å². The first-order chi connectivity index (χ1) is 9.79. The van der Waals surface area contributed by atoms with Crippen molar-refractivity contribution >= 4 is 21.9 Å². The van der Waals surface area contributed by atoms with Crippen molar-refractivity contribution in [3.05, 3.63) is 0 Å². The minimum Gasteiger partial charge on any atom is -0.481 e. The Balaban J connectivity index is 2.03. The lowest BCUT2D eigenvalue weighted by Gasteiger charge is -2.35. The average Bonchev–Trinajstić information content (AvgIpc) is 2.84. The number of likely N-dealkylation sites (tertiary alicyclic amines) is 1. The standard InChI is InChI=1S/C13H22N2O5S/c1-21(19,20)15-6-3-2-4-11(15)13(18)14-7-5-10(9-14)8-12(16)17/h10-11H,2-9H2,1H3,(H,16,17). The quantitative estimate of drug-likeness (QED) is 0.794. The third-order valence-electron chi connectivity index (χ3n) is 4.23. The second kappa shape index (κ2) is 6.31. The molecule has 2 heterocycles. The number of aliphatic carboxylic acids is 1. The first kappa shape index (κ1) is 16.2. The van der Waals surface area contributed by atoms with Crippen LogP contribution in [0, 0.1) is 5.92 Å². The van der Waals surface area contributed by atoms with Gasteiger partial charge in [0.1, 0.15) is 6.04 Å². The highest BCUT2D eigenvalue weighted by atomic mass is 32.2. The lowest BCUT2D eigenvalue weighted by atomic mass is 10.0. The summed E-state index contributed by atoms with van der Waals surface area (Å²) in [7, 11) is -3.39. The highest BCUT2D eigenvalue weighted by Gasteiger charge is 2.39. The lowest BCUT2D eigenvalue weighted by molar-refractivity contribution is -0.139. The molecule has 0 aromatic rings. The van der Waals surface area contributed by atoms with Crippen LogP contribution in [0.2, 0.25) is 0 Å². The van der Waals surface area contributed by atoms with Crippen molar-refractivity contribution < 1.29 is 23.1 Å². The first-order valence-corrected chi connectivity index (χ1v) is 9.11. The fourth-order valence-electron chi connectivity index (χ4n) is 3.21. The zero-order valence-corrected chi connectivity index (χ0v) is 13.0. The van der Waals surface area contributed by atoms with Gasteiger partial charge in [-0.25, -0.2) is 8.42 Å². The predicted molar refractivity (Wildman–Crippen MR) is 76.1 cm³/mol. The largest absolute Gasteiger partial charge is 0.481 e. The Morgan fingerprint density at radius 3 is 2.52 bits per heavy atom. The Kier molecular flexibility index (Phi) is 4.88. The van der Waals surface area contributed by atoms with Gasteiger partial charge >= 0.3 is 5.97 Å². The summed E-state index contributed by atoms with van der Waals surface area (Å²) in [6.07, 6.45) is 4.03. The normalized spacial score (nSPS) is 27.8. The monoisotopic (exact) mass is 318 g/mol. The number of carbonyl (C=O) groups is 2. The summed E-state index contributed by atoms with van der Waals surface area (Å²) in [4.78, 5) is 24.9. The maximum absolute atomic E-state index is 12.6. The molecule has 2 aliphatic heterocycles. The predicted octanol–water partition coefficient (Wildman–Crippen LogP) is 0.124. The molecule has 120 valence electrons. The Morgan fingerprint density at radius 2 is 1.90 bits per heavy atom. The second-order valence-corrected chi connectivity index (χ2v) is 7.86. The molecule has 2 aliphatic rings. The number of carboxylic acid groups (broad SMARTS) is 1. The van der Waals surface area contributed by atoms with Crippen LogP contribution in [-0.4, -0.2) is 66.5 Å². The topological polar surface area (TPSA) is 95.0 Å². The molecule has 2 unspecified atom stereocenters. The number of carbonyl (C=O) groups excluding carboxylic acids is 1. The molecule has 0 saturated carbocycles. The summed E-state index contributed by atoms with van der Waals surface area (Å²) in [5.41, 5.74) is 0. The van der Waals surface area contributed by atoms with Crippen LogP contribution in [0.1, 0.15) is 32.1 Å². The number of amides is 1. The van der Waals surface area contributed by atoms with E-state index in [2.05, 4.69) is 0 Å². The summed E-state index contributed by atoms with van der Waals surface area (Å²) < 4.78 is 24.9. The molecule has 2 saturated heterocycles. The van der Waals surface area contributed by atoms with Gasteiger partial charge in [-0.15, -0.1) is 0 Å². The molecular formula is C13H22N2O5S. The minimum absolute atomic E-state index is 0.0262. The molecule has 0 spiro atoms.